The summed E-state index contributed by atoms with van der Waals surface area (Å²) >= 11 is 0. The van der Waals surface area contributed by atoms with Crippen LogP contribution in [0.2, 0.25) is 19.6 Å². The molecule has 0 fully saturated rings. The minimum atomic E-state index is -1.87. The summed E-state index contributed by atoms with van der Waals surface area (Å²) in [7, 11) is -1.87. The van der Waals surface area contributed by atoms with Gasteiger partial charge >= 0.3 is 5.97 Å². The van der Waals surface area contributed by atoms with Crippen LogP contribution in [-0.4, -0.2) is 25.5 Å². The van der Waals surface area contributed by atoms with E-state index in [0.717, 1.165) is 0 Å². The maximum Gasteiger partial charge on any atom is 0.300 e. The van der Waals surface area contributed by atoms with Gasteiger partial charge in [-0.25, -0.2) is 0 Å². The lowest BCUT2D eigenvalue weighted by Crippen LogP contribution is -2.45. The van der Waals surface area contributed by atoms with Gasteiger partial charge in [0.05, 0.1) is 11.5 Å². The van der Waals surface area contributed by atoms with Gasteiger partial charge in [0.15, 0.2) is 0 Å². The van der Waals surface area contributed by atoms with Crippen LogP contribution in [0.4, 0.5) is 0 Å². The summed E-state index contributed by atoms with van der Waals surface area (Å²) in [5, 5.41) is 9.94. The lowest BCUT2D eigenvalue weighted by Gasteiger charge is -2.33. The standard InChI is InChI=1S/C11H24O3Si/c1-8(2)9(12)11(3,4)10(13)14-15(5,6)7/h8-9,12H,1-7H3. The van der Waals surface area contributed by atoms with Gasteiger partial charge in [-0.05, 0) is 39.4 Å². The monoisotopic (exact) mass is 232 g/mol. The second kappa shape index (κ2) is 4.66. The van der Waals surface area contributed by atoms with E-state index in [9.17, 15) is 9.90 Å². The van der Waals surface area contributed by atoms with Gasteiger partial charge in [0.2, 0.25) is 8.32 Å². The average Bonchev–Trinajstić information content (AvgIpc) is 1.99. The summed E-state index contributed by atoms with van der Waals surface area (Å²) in [5.41, 5.74) is -0.825. The van der Waals surface area contributed by atoms with Gasteiger partial charge in [0.1, 0.15) is 0 Å². The molecule has 0 aromatic heterocycles. The normalized spacial score (nSPS) is 15.3. The minimum absolute atomic E-state index is 0.0502. The Morgan fingerprint density at radius 1 is 1.27 bits per heavy atom. The Morgan fingerprint density at radius 3 is 1.93 bits per heavy atom. The van der Waals surface area contributed by atoms with Gasteiger partial charge in [-0.3, -0.25) is 4.79 Å². The molecule has 0 aromatic rings. The predicted molar refractivity (Wildman–Crippen MR) is 64.1 cm³/mol. The fourth-order valence-corrected chi connectivity index (χ4v) is 2.18. The Kier molecular flexibility index (Phi) is 4.55. The average molecular weight is 232 g/mol. The van der Waals surface area contributed by atoms with Crippen LogP contribution in [0, 0.1) is 11.3 Å². The van der Waals surface area contributed by atoms with Gasteiger partial charge in [0, 0.05) is 0 Å². The van der Waals surface area contributed by atoms with E-state index in [0.29, 0.717) is 0 Å². The highest BCUT2D eigenvalue weighted by Gasteiger charge is 2.40. The first-order chi connectivity index (χ1) is 6.48. The van der Waals surface area contributed by atoms with Crippen LogP contribution >= 0.6 is 0 Å². The number of aliphatic hydroxyl groups excluding tert-OH is 1. The van der Waals surface area contributed by atoms with E-state index in [1.807, 2.05) is 33.5 Å². The largest absolute Gasteiger partial charge is 0.519 e. The molecule has 0 saturated carbocycles. The van der Waals surface area contributed by atoms with Gasteiger partial charge in [-0.1, -0.05) is 13.8 Å². The van der Waals surface area contributed by atoms with Crippen LogP contribution in [0.5, 0.6) is 0 Å². The Labute approximate surface area is 94.0 Å². The van der Waals surface area contributed by atoms with E-state index >= 15 is 0 Å². The van der Waals surface area contributed by atoms with Crippen molar-refractivity contribution in [3.05, 3.63) is 0 Å². The maximum absolute atomic E-state index is 11.9. The van der Waals surface area contributed by atoms with E-state index in [1.54, 1.807) is 13.8 Å². The second-order valence-electron chi connectivity index (χ2n) is 5.91. The van der Waals surface area contributed by atoms with Gasteiger partial charge in [-0.2, -0.15) is 0 Å². The van der Waals surface area contributed by atoms with Crippen molar-refractivity contribution in [3.63, 3.8) is 0 Å². The van der Waals surface area contributed by atoms with Crippen LogP contribution in [0.1, 0.15) is 27.7 Å². The molecule has 90 valence electrons. The highest BCUT2D eigenvalue weighted by atomic mass is 28.4. The molecular formula is C11H24O3Si. The molecule has 0 saturated heterocycles. The van der Waals surface area contributed by atoms with Crippen LogP contribution in [0.15, 0.2) is 0 Å². The van der Waals surface area contributed by atoms with Crippen molar-refractivity contribution in [3.8, 4) is 0 Å². The third-order valence-electron chi connectivity index (χ3n) is 2.30. The smallest absolute Gasteiger partial charge is 0.300 e. The zero-order chi connectivity index (χ0) is 12.4. The second-order valence-corrected chi connectivity index (χ2v) is 10.3. The summed E-state index contributed by atoms with van der Waals surface area (Å²) in [6, 6.07) is 0. The van der Waals surface area contributed by atoms with Crippen molar-refractivity contribution in [2.75, 3.05) is 0 Å². The van der Waals surface area contributed by atoms with Gasteiger partial charge in [-0.15, -0.1) is 0 Å². The van der Waals surface area contributed by atoms with E-state index < -0.39 is 19.8 Å². The predicted octanol–water partition coefficient (Wildman–Crippen LogP) is 2.41. The fourth-order valence-electron chi connectivity index (χ4n) is 1.36. The first-order valence-electron chi connectivity index (χ1n) is 5.40. The van der Waals surface area contributed by atoms with Crippen molar-refractivity contribution in [2.45, 2.75) is 53.4 Å². The third kappa shape index (κ3) is 4.34. The molecule has 15 heavy (non-hydrogen) atoms. The molecule has 1 unspecified atom stereocenters. The molecular weight excluding hydrogens is 208 g/mol. The molecule has 4 heteroatoms. The molecule has 0 aliphatic rings. The lowest BCUT2D eigenvalue weighted by molar-refractivity contribution is -0.153. The van der Waals surface area contributed by atoms with Crippen LogP contribution < -0.4 is 0 Å². The molecule has 0 bridgehead atoms. The number of carbonyl (C=O) groups excluding carboxylic acids is 1. The first kappa shape index (κ1) is 14.6. The highest BCUT2D eigenvalue weighted by molar-refractivity contribution is 6.71. The van der Waals surface area contributed by atoms with Crippen molar-refractivity contribution >= 4 is 14.3 Å². The minimum Gasteiger partial charge on any atom is -0.519 e. The van der Waals surface area contributed by atoms with E-state index in [2.05, 4.69) is 0 Å². The molecule has 0 aliphatic heterocycles. The maximum atomic E-state index is 11.9. The SMILES string of the molecule is CC(C)C(O)C(C)(C)C(=O)O[Si](C)(C)C. The molecule has 0 radical (unpaired) electrons. The van der Waals surface area contributed by atoms with Crippen molar-refractivity contribution < 1.29 is 14.3 Å². The number of rotatable bonds is 4. The number of hydrogen-bond donors (Lipinski definition) is 1. The quantitative estimate of drug-likeness (QED) is 0.757. The Hall–Kier alpha value is -0.353. The topological polar surface area (TPSA) is 46.5 Å². The van der Waals surface area contributed by atoms with Crippen LogP contribution in [0.3, 0.4) is 0 Å². The molecule has 0 aromatic carbocycles. The van der Waals surface area contributed by atoms with E-state index in [4.69, 9.17) is 4.43 Å². The molecule has 3 nitrogen and oxygen atoms in total. The molecule has 1 N–H and O–H groups in total. The van der Waals surface area contributed by atoms with Crippen molar-refractivity contribution in [1.82, 2.24) is 0 Å². The molecule has 0 spiro atoms. The van der Waals surface area contributed by atoms with Gasteiger partial charge < -0.3 is 9.53 Å². The van der Waals surface area contributed by atoms with Crippen LogP contribution in [-0.2, 0) is 9.22 Å². The molecule has 0 aliphatic carbocycles. The summed E-state index contributed by atoms with van der Waals surface area (Å²) < 4.78 is 5.41. The van der Waals surface area contributed by atoms with E-state index in [1.165, 1.54) is 0 Å². The summed E-state index contributed by atoms with van der Waals surface area (Å²) in [6.45, 7) is 13.1. The molecule has 0 rings (SSSR count). The van der Waals surface area contributed by atoms with Crippen molar-refractivity contribution in [1.29, 1.82) is 0 Å². The number of hydrogen-bond acceptors (Lipinski definition) is 3. The van der Waals surface area contributed by atoms with E-state index in [-0.39, 0.29) is 11.9 Å². The number of carbonyl (C=O) groups is 1. The zero-order valence-corrected chi connectivity index (χ0v) is 11.9. The molecule has 0 amide bonds. The third-order valence-corrected chi connectivity index (χ3v) is 3.09. The molecule has 0 heterocycles. The molecule has 1 atom stereocenters. The van der Waals surface area contributed by atoms with Gasteiger partial charge in [0.25, 0.3) is 0 Å². The van der Waals surface area contributed by atoms with Crippen LogP contribution in [0.25, 0.3) is 0 Å². The Bertz CT molecular complexity index is 228. The summed E-state index contributed by atoms with van der Waals surface area (Å²) in [4.78, 5) is 11.9. The summed E-state index contributed by atoms with van der Waals surface area (Å²) in [5.74, 6) is -0.239. The zero-order valence-electron chi connectivity index (χ0n) is 10.9. The Balaban J connectivity index is 4.66. The van der Waals surface area contributed by atoms with Crippen molar-refractivity contribution in [2.24, 2.45) is 11.3 Å². The summed E-state index contributed by atoms with van der Waals surface area (Å²) in [6.07, 6.45) is -0.665. The lowest BCUT2D eigenvalue weighted by atomic mass is 9.81. The highest BCUT2D eigenvalue weighted by Crippen LogP contribution is 2.28. The number of aliphatic hydroxyl groups is 1. The fraction of sp³-hybridized carbons (Fsp3) is 0.909. The Morgan fingerprint density at radius 2 is 1.67 bits per heavy atom. The first-order valence-corrected chi connectivity index (χ1v) is 8.81.